The van der Waals surface area contributed by atoms with Crippen LogP contribution >= 0.6 is 12.2 Å². The molecule has 2 N–H and O–H groups in total. The average molecular weight is 276 g/mol. The van der Waals surface area contributed by atoms with E-state index in [0.29, 0.717) is 32.7 Å². The average Bonchev–Trinajstić information content (AvgIpc) is 2.33. The van der Waals surface area contributed by atoms with E-state index in [2.05, 4.69) is 0 Å². The van der Waals surface area contributed by atoms with Crippen molar-refractivity contribution < 1.29 is 14.3 Å². The van der Waals surface area contributed by atoms with Crippen LogP contribution in [0.4, 0.5) is 0 Å². The molecule has 0 aliphatic rings. The molecule has 0 radical (unpaired) electrons. The molecule has 1 amide bonds. The van der Waals surface area contributed by atoms with Crippen LogP contribution in [-0.4, -0.2) is 56.3 Å². The van der Waals surface area contributed by atoms with Gasteiger partial charge in [0, 0.05) is 33.9 Å². The lowest BCUT2D eigenvalue weighted by molar-refractivity contribution is -0.134. The lowest BCUT2D eigenvalue weighted by atomic mass is 10.0. The summed E-state index contributed by atoms with van der Waals surface area (Å²) < 4.78 is 10.0. The lowest BCUT2D eigenvalue weighted by Crippen LogP contribution is -2.43. The first-order valence-electron chi connectivity index (χ1n) is 6.14. The summed E-state index contributed by atoms with van der Waals surface area (Å²) in [6, 6.07) is 0. The quantitative estimate of drug-likeness (QED) is 0.472. The molecule has 1 atom stereocenters. The van der Waals surface area contributed by atoms with Gasteiger partial charge in [-0.2, -0.15) is 0 Å². The molecule has 18 heavy (non-hydrogen) atoms. The van der Waals surface area contributed by atoms with Crippen molar-refractivity contribution in [3.8, 4) is 0 Å². The van der Waals surface area contributed by atoms with E-state index in [4.69, 9.17) is 27.4 Å². The summed E-state index contributed by atoms with van der Waals surface area (Å²) in [6.45, 7) is 4.23. The molecule has 6 heteroatoms. The van der Waals surface area contributed by atoms with Gasteiger partial charge in [0.2, 0.25) is 5.91 Å². The van der Waals surface area contributed by atoms with Gasteiger partial charge in [-0.25, -0.2) is 0 Å². The Morgan fingerprint density at radius 3 is 2.33 bits per heavy atom. The van der Waals surface area contributed by atoms with Gasteiger partial charge < -0.3 is 20.1 Å². The van der Waals surface area contributed by atoms with E-state index in [1.165, 1.54) is 0 Å². The maximum Gasteiger partial charge on any atom is 0.232 e. The van der Waals surface area contributed by atoms with Gasteiger partial charge in [-0.05, 0) is 12.8 Å². The predicted molar refractivity (Wildman–Crippen MR) is 75.5 cm³/mol. The van der Waals surface area contributed by atoms with E-state index in [-0.39, 0.29) is 16.8 Å². The number of ether oxygens (including phenoxy) is 2. The van der Waals surface area contributed by atoms with Gasteiger partial charge in [0.15, 0.2) is 0 Å². The van der Waals surface area contributed by atoms with Gasteiger partial charge in [-0.15, -0.1) is 0 Å². The Hall–Kier alpha value is -0.720. The summed E-state index contributed by atoms with van der Waals surface area (Å²) >= 11 is 4.93. The highest BCUT2D eigenvalue weighted by molar-refractivity contribution is 7.80. The first-order chi connectivity index (χ1) is 8.58. The Morgan fingerprint density at radius 2 is 1.89 bits per heavy atom. The second-order valence-electron chi connectivity index (χ2n) is 4.03. The Labute approximate surface area is 115 Å². The number of carbonyl (C=O) groups excluding carboxylic acids is 1. The zero-order chi connectivity index (χ0) is 14.0. The summed E-state index contributed by atoms with van der Waals surface area (Å²) in [4.78, 5) is 14.3. The standard InChI is InChI=1S/C12H24N2O3S/c1-4-10(11(13)18)12(15)14(7-9-17-3)6-5-8-16-2/h10H,4-9H2,1-3H3,(H2,13,18). The highest BCUT2D eigenvalue weighted by Gasteiger charge is 2.24. The van der Waals surface area contributed by atoms with Crippen LogP contribution in [0.2, 0.25) is 0 Å². The van der Waals surface area contributed by atoms with Crippen molar-refractivity contribution in [1.29, 1.82) is 0 Å². The molecule has 0 aliphatic carbocycles. The first-order valence-corrected chi connectivity index (χ1v) is 6.55. The van der Waals surface area contributed by atoms with Gasteiger partial charge in [-0.1, -0.05) is 19.1 Å². The number of nitrogens with two attached hydrogens (primary N) is 1. The molecule has 0 spiro atoms. The van der Waals surface area contributed by atoms with Gasteiger partial charge in [0.05, 0.1) is 17.5 Å². The van der Waals surface area contributed by atoms with Crippen LogP contribution in [0.5, 0.6) is 0 Å². The molecular weight excluding hydrogens is 252 g/mol. The Morgan fingerprint density at radius 1 is 1.28 bits per heavy atom. The van der Waals surface area contributed by atoms with Gasteiger partial charge in [0.25, 0.3) is 0 Å². The lowest BCUT2D eigenvalue weighted by Gasteiger charge is -2.26. The van der Waals surface area contributed by atoms with Crippen molar-refractivity contribution >= 4 is 23.1 Å². The number of hydrogen-bond donors (Lipinski definition) is 1. The summed E-state index contributed by atoms with van der Waals surface area (Å²) in [5, 5.41) is 0. The minimum Gasteiger partial charge on any atom is -0.393 e. The molecule has 0 aromatic rings. The van der Waals surface area contributed by atoms with Crippen LogP contribution in [0.1, 0.15) is 19.8 Å². The van der Waals surface area contributed by atoms with E-state index in [9.17, 15) is 4.79 Å². The van der Waals surface area contributed by atoms with Crippen molar-refractivity contribution in [2.24, 2.45) is 11.7 Å². The van der Waals surface area contributed by atoms with Crippen LogP contribution in [-0.2, 0) is 14.3 Å². The molecular formula is C12H24N2O3S. The molecule has 0 aromatic heterocycles. The van der Waals surface area contributed by atoms with Crippen LogP contribution in [0.25, 0.3) is 0 Å². The van der Waals surface area contributed by atoms with E-state index in [0.717, 1.165) is 6.42 Å². The number of hydrogen-bond acceptors (Lipinski definition) is 4. The number of rotatable bonds is 10. The van der Waals surface area contributed by atoms with E-state index in [1.807, 2.05) is 6.92 Å². The number of amides is 1. The fraction of sp³-hybridized carbons (Fsp3) is 0.833. The third-order valence-electron chi connectivity index (χ3n) is 2.70. The number of carbonyl (C=O) groups is 1. The third kappa shape index (κ3) is 6.28. The zero-order valence-corrected chi connectivity index (χ0v) is 12.3. The minimum absolute atomic E-state index is 0.0156. The number of thiocarbonyl (C=S) groups is 1. The maximum absolute atomic E-state index is 12.3. The van der Waals surface area contributed by atoms with Crippen molar-refractivity contribution in [1.82, 2.24) is 4.90 Å². The molecule has 0 rings (SSSR count). The maximum atomic E-state index is 12.3. The normalized spacial score (nSPS) is 12.2. The Bertz CT molecular complexity index is 262. The molecule has 5 nitrogen and oxygen atoms in total. The molecule has 0 fully saturated rings. The smallest absolute Gasteiger partial charge is 0.232 e. The van der Waals surface area contributed by atoms with Crippen molar-refractivity contribution in [2.45, 2.75) is 19.8 Å². The van der Waals surface area contributed by atoms with Crippen LogP contribution in [0.15, 0.2) is 0 Å². The molecule has 0 heterocycles. The molecule has 0 aliphatic heterocycles. The van der Waals surface area contributed by atoms with Crippen LogP contribution in [0, 0.1) is 5.92 Å². The third-order valence-corrected chi connectivity index (χ3v) is 2.99. The number of nitrogens with zero attached hydrogens (tertiary/aromatic N) is 1. The second-order valence-corrected chi connectivity index (χ2v) is 4.50. The second kappa shape index (κ2) is 10.2. The number of methoxy groups -OCH3 is 2. The zero-order valence-electron chi connectivity index (χ0n) is 11.5. The van der Waals surface area contributed by atoms with Gasteiger partial charge in [0.1, 0.15) is 0 Å². The highest BCUT2D eigenvalue weighted by Crippen LogP contribution is 2.09. The van der Waals surface area contributed by atoms with E-state index >= 15 is 0 Å². The molecule has 1 unspecified atom stereocenters. The van der Waals surface area contributed by atoms with Gasteiger partial charge in [-0.3, -0.25) is 4.79 Å². The summed E-state index contributed by atoms with van der Waals surface area (Å²) in [5.41, 5.74) is 5.60. The van der Waals surface area contributed by atoms with Gasteiger partial charge >= 0.3 is 0 Å². The molecule has 0 saturated heterocycles. The first kappa shape index (κ1) is 17.3. The van der Waals surface area contributed by atoms with Crippen molar-refractivity contribution in [3.63, 3.8) is 0 Å². The van der Waals surface area contributed by atoms with Crippen molar-refractivity contribution in [2.75, 3.05) is 40.5 Å². The largest absolute Gasteiger partial charge is 0.393 e. The fourth-order valence-corrected chi connectivity index (χ4v) is 1.92. The summed E-state index contributed by atoms with van der Waals surface area (Å²) in [6.07, 6.45) is 1.42. The Kier molecular flexibility index (Phi) is 9.82. The topological polar surface area (TPSA) is 64.8 Å². The molecule has 106 valence electrons. The molecule has 0 aromatic carbocycles. The molecule has 0 bridgehead atoms. The SMILES string of the molecule is CCC(C(=O)N(CCCOC)CCOC)C(N)=S. The molecule has 0 saturated carbocycles. The van der Waals surface area contributed by atoms with E-state index < -0.39 is 0 Å². The Balaban J connectivity index is 4.50. The minimum atomic E-state index is -0.376. The fourth-order valence-electron chi connectivity index (χ4n) is 1.65. The summed E-state index contributed by atoms with van der Waals surface area (Å²) in [5.74, 6) is -0.391. The van der Waals surface area contributed by atoms with E-state index in [1.54, 1.807) is 19.1 Å². The predicted octanol–water partition coefficient (Wildman–Crippen LogP) is 0.810. The summed E-state index contributed by atoms with van der Waals surface area (Å²) in [7, 11) is 3.26. The highest BCUT2D eigenvalue weighted by atomic mass is 32.1. The van der Waals surface area contributed by atoms with Crippen molar-refractivity contribution in [3.05, 3.63) is 0 Å². The van der Waals surface area contributed by atoms with Crippen LogP contribution in [0.3, 0.4) is 0 Å². The monoisotopic (exact) mass is 276 g/mol. The van der Waals surface area contributed by atoms with Crippen LogP contribution < -0.4 is 5.73 Å².